The maximum absolute atomic E-state index is 10.7. The second kappa shape index (κ2) is 3.47. The summed E-state index contributed by atoms with van der Waals surface area (Å²) < 4.78 is 10.7. The van der Waals surface area contributed by atoms with Crippen LogP contribution in [-0.2, 0) is 4.57 Å². The molecule has 5 nitrogen and oxygen atoms in total. The molecule has 0 aliphatic carbocycles. The predicted molar refractivity (Wildman–Crippen MR) is 47.9 cm³/mol. The van der Waals surface area contributed by atoms with Gasteiger partial charge in [0.25, 0.3) is 0 Å². The van der Waals surface area contributed by atoms with Gasteiger partial charge in [-0.2, -0.15) is 0 Å². The van der Waals surface area contributed by atoms with Gasteiger partial charge in [0, 0.05) is 11.3 Å². The summed E-state index contributed by atoms with van der Waals surface area (Å²) in [6, 6.07) is 6.00. The quantitative estimate of drug-likeness (QED) is 0.412. The van der Waals surface area contributed by atoms with Crippen LogP contribution in [0.3, 0.4) is 0 Å². The third-order valence-electron chi connectivity index (χ3n) is 1.59. The van der Waals surface area contributed by atoms with E-state index >= 15 is 0 Å². The highest BCUT2D eigenvalue weighted by molar-refractivity contribution is 7.51. The Morgan fingerprint density at radius 1 is 1.31 bits per heavy atom. The van der Waals surface area contributed by atoms with Gasteiger partial charge in [0.15, 0.2) is 5.85 Å². The second-order valence-corrected chi connectivity index (χ2v) is 4.26. The predicted octanol–water partition coefficient (Wildman–Crippen LogP) is 0.437. The molecule has 0 fully saturated rings. The highest BCUT2D eigenvalue weighted by atomic mass is 31.2. The molecule has 0 saturated carbocycles. The van der Waals surface area contributed by atoms with Crippen molar-refractivity contribution in [3.05, 3.63) is 29.8 Å². The molecule has 1 unspecified atom stereocenters. The summed E-state index contributed by atoms with van der Waals surface area (Å²) in [6.45, 7) is 0. The molecular formula is C7H10NO4P. The maximum Gasteiger partial charge on any atom is 0.358 e. The first-order chi connectivity index (χ1) is 5.93. The van der Waals surface area contributed by atoms with Gasteiger partial charge in [-0.3, -0.25) is 4.57 Å². The lowest BCUT2D eigenvalue weighted by Crippen LogP contribution is -2.02. The van der Waals surface area contributed by atoms with Crippen molar-refractivity contribution in [2.75, 3.05) is 5.73 Å². The van der Waals surface area contributed by atoms with E-state index < -0.39 is 13.4 Å². The first-order valence-corrected chi connectivity index (χ1v) is 5.19. The highest BCUT2D eigenvalue weighted by Crippen LogP contribution is 2.50. The van der Waals surface area contributed by atoms with Gasteiger partial charge in [-0.1, -0.05) is 18.2 Å². The van der Waals surface area contributed by atoms with Crippen molar-refractivity contribution in [1.82, 2.24) is 0 Å². The Bertz CT molecular complexity index is 348. The molecule has 0 saturated heterocycles. The number of anilines is 1. The maximum atomic E-state index is 10.7. The Morgan fingerprint density at radius 2 is 1.85 bits per heavy atom. The van der Waals surface area contributed by atoms with Crippen LogP contribution >= 0.6 is 7.60 Å². The Morgan fingerprint density at radius 3 is 2.31 bits per heavy atom. The van der Waals surface area contributed by atoms with Crippen molar-refractivity contribution < 1.29 is 19.5 Å². The number of para-hydroxylation sites is 1. The SMILES string of the molecule is Nc1ccccc1C(O)P(=O)(O)O. The van der Waals surface area contributed by atoms with Crippen molar-refractivity contribution in [1.29, 1.82) is 0 Å². The first-order valence-electron chi connectivity index (χ1n) is 3.50. The molecule has 0 aromatic heterocycles. The molecule has 1 rings (SSSR count). The monoisotopic (exact) mass is 203 g/mol. The molecule has 72 valence electrons. The van der Waals surface area contributed by atoms with E-state index in [1.165, 1.54) is 12.1 Å². The zero-order valence-corrected chi connectivity index (χ0v) is 7.56. The average Bonchev–Trinajstić information content (AvgIpc) is 2.02. The van der Waals surface area contributed by atoms with Gasteiger partial charge in [-0.15, -0.1) is 0 Å². The van der Waals surface area contributed by atoms with Crippen LogP contribution in [0.4, 0.5) is 5.69 Å². The van der Waals surface area contributed by atoms with Crippen LogP contribution < -0.4 is 5.73 Å². The summed E-state index contributed by atoms with van der Waals surface area (Å²) >= 11 is 0. The first kappa shape index (κ1) is 10.2. The third-order valence-corrected chi connectivity index (χ3v) is 2.51. The van der Waals surface area contributed by atoms with E-state index in [1.54, 1.807) is 12.1 Å². The molecule has 0 aliphatic heterocycles. The summed E-state index contributed by atoms with van der Waals surface area (Å²) in [7, 11) is -4.53. The van der Waals surface area contributed by atoms with E-state index in [2.05, 4.69) is 0 Å². The number of aliphatic hydroxyl groups is 1. The lowest BCUT2D eigenvalue weighted by molar-refractivity contribution is 0.206. The Kier molecular flexibility index (Phi) is 2.73. The smallest absolute Gasteiger partial charge is 0.358 e. The molecule has 1 aromatic carbocycles. The number of hydrogen-bond donors (Lipinski definition) is 4. The lowest BCUT2D eigenvalue weighted by Gasteiger charge is -2.14. The van der Waals surface area contributed by atoms with Crippen LogP contribution in [0.15, 0.2) is 24.3 Å². The average molecular weight is 203 g/mol. The zero-order valence-electron chi connectivity index (χ0n) is 6.66. The Labute approximate surface area is 75.0 Å². The highest BCUT2D eigenvalue weighted by Gasteiger charge is 2.29. The van der Waals surface area contributed by atoms with Crippen molar-refractivity contribution in [3.63, 3.8) is 0 Å². The van der Waals surface area contributed by atoms with Crippen LogP contribution in [0.1, 0.15) is 11.4 Å². The van der Waals surface area contributed by atoms with Gasteiger partial charge < -0.3 is 20.6 Å². The molecular weight excluding hydrogens is 193 g/mol. The van der Waals surface area contributed by atoms with Crippen LogP contribution in [0.2, 0.25) is 0 Å². The number of nitrogen functional groups attached to an aromatic ring is 1. The topological polar surface area (TPSA) is 104 Å². The fourth-order valence-electron chi connectivity index (χ4n) is 0.927. The van der Waals surface area contributed by atoms with Crippen molar-refractivity contribution in [2.24, 2.45) is 0 Å². The van der Waals surface area contributed by atoms with Crippen molar-refractivity contribution >= 4 is 13.3 Å². The van der Waals surface area contributed by atoms with E-state index in [9.17, 15) is 9.67 Å². The minimum Gasteiger partial charge on any atom is -0.398 e. The molecule has 6 heteroatoms. The molecule has 0 radical (unpaired) electrons. The second-order valence-electron chi connectivity index (χ2n) is 2.59. The number of aliphatic hydroxyl groups excluding tert-OH is 1. The van der Waals surface area contributed by atoms with Crippen LogP contribution in [0.25, 0.3) is 0 Å². The van der Waals surface area contributed by atoms with Gasteiger partial charge in [0.1, 0.15) is 0 Å². The summed E-state index contributed by atoms with van der Waals surface area (Å²) in [5, 5.41) is 9.19. The lowest BCUT2D eigenvalue weighted by atomic mass is 10.2. The molecule has 0 bridgehead atoms. The summed E-state index contributed by atoms with van der Waals surface area (Å²) in [6.07, 6.45) is 0. The molecule has 5 N–H and O–H groups in total. The minimum absolute atomic E-state index is 0.0517. The van der Waals surface area contributed by atoms with Gasteiger partial charge in [0.2, 0.25) is 0 Å². The summed E-state index contributed by atoms with van der Waals surface area (Å²) in [5.41, 5.74) is 5.63. The molecule has 0 heterocycles. The van der Waals surface area contributed by atoms with Crippen LogP contribution in [-0.4, -0.2) is 14.9 Å². The summed E-state index contributed by atoms with van der Waals surface area (Å²) in [5.74, 6) is -1.84. The number of rotatable bonds is 2. The van der Waals surface area contributed by atoms with Crippen molar-refractivity contribution in [3.8, 4) is 0 Å². The molecule has 13 heavy (non-hydrogen) atoms. The minimum atomic E-state index is -4.53. The van der Waals surface area contributed by atoms with Gasteiger partial charge >= 0.3 is 7.60 Å². The van der Waals surface area contributed by atoms with Gasteiger partial charge in [-0.25, -0.2) is 0 Å². The van der Waals surface area contributed by atoms with E-state index in [1.807, 2.05) is 0 Å². The molecule has 0 aliphatic rings. The van der Waals surface area contributed by atoms with Gasteiger partial charge in [0.05, 0.1) is 0 Å². The Balaban J connectivity index is 3.09. The van der Waals surface area contributed by atoms with Crippen LogP contribution in [0, 0.1) is 0 Å². The third kappa shape index (κ3) is 2.29. The van der Waals surface area contributed by atoms with E-state index in [0.717, 1.165) is 0 Å². The van der Waals surface area contributed by atoms with E-state index in [4.69, 9.17) is 15.5 Å². The fourth-order valence-corrected chi connectivity index (χ4v) is 1.52. The number of benzene rings is 1. The van der Waals surface area contributed by atoms with Crippen molar-refractivity contribution in [2.45, 2.75) is 5.85 Å². The fraction of sp³-hybridized carbons (Fsp3) is 0.143. The number of nitrogens with two attached hydrogens (primary N) is 1. The van der Waals surface area contributed by atoms with E-state index in [-0.39, 0.29) is 11.3 Å². The summed E-state index contributed by atoms with van der Waals surface area (Å²) in [4.78, 5) is 17.3. The standard InChI is InChI=1S/C7H10NO4P/c8-6-4-2-1-3-5(6)7(9)13(10,11)12/h1-4,7,9H,8H2,(H2,10,11,12). The molecule has 1 aromatic rings. The normalized spacial score (nSPS) is 14.1. The molecule has 0 spiro atoms. The largest absolute Gasteiger partial charge is 0.398 e. The number of hydrogen-bond acceptors (Lipinski definition) is 3. The van der Waals surface area contributed by atoms with E-state index in [0.29, 0.717) is 0 Å². The van der Waals surface area contributed by atoms with Crippen LogP contribution in [0.5, 0.6) is 0 Å². The Hall–Kier alpha value is -0.870. The molecule has 0 amide bonds. The van der Waals surface area contributed by atoms with Gasteiger partial charge in [-0.05, 0) is 6.07 Å². The molecule has 1 atom stereocenters. The zero-order chi connectivity index (χ0) is 10.1.